The number of carbonyl (C=O) groups excluding carboxylic acids is 2. The highest BCUT2D eigenvalue weighted by atomic mass is 35.5. The molecular formula is C26H27ClFN3O4S. The SMILES string of the molecule is CCNC(=O)C(C)N(Cc1ccc(F)cc1)C(=O)CN(c1ccccc1)S(=O)(=O)c1ccc(Cl)cc1. The van der Waals surface area contributed by atoms with E-state index in [1.807, 2.05) is 0 Å². The highest BCUT2D eigenvalue weighted by molar-refractivity contribution is 7.92. The Morgan fingerprint density at radius 3 is 2.17 bits per heavy atom. The molecule has 0 heterocycles. The van der Waals surface area contributed by atoms with E-state index in [4.69, 9.17) is 11.6 Å². The smallest absolute Gasteiger partial charge is 0.264 e. The molecule has 3 aromatic rings. The molecule has 7 nitrogen and oxygen atoms in total. The maximum absolute atomic E-state index is 13.6. The van der Waals surface area contributed by atoms with Gasteiger partial charge in [0.05, 0.1) is 10.6 Å². The molecule has 0 aliphatic rings. The Morgan fingerprint density at radius 2 is 1.58 bits per heavy atom. The maximum Gasteiger partial charge on any atom is 0.264 e. The molecule has 1 N–H and O–H groups in total. The average Bonchev–Trinajstić information content (AvgIpc) is 2.87. The Balaban J connectivity index is 1.99. The summed E-state index contributed by atoms with van der Waals surface area (Å²) in [6.07, 6.45) is 0. The summed E-state index contributed by atoms with van der Waals surface area (Å²) in [5.41, 5.74) is 0.876. The van der Waals surface area contributed by atoms with Crippen LogP contribution in [-0.2, 0) is 26.2 Å². The summed E-state index contributed by atoms with van der Waals surface area (Å²) in [6.45, 7) is 3.11. The third kappa shape index (κ3) is 6.61. The van der Waals surface area contributed by atoms with E-state index in [1.54, 1.807) is 44.2 Å². The van der Waals surface area contributed by atoms with Crippen molar-refractivity contribution in [3.05, 3.63) is 95.3 Å². The van der Waals surface area contributed by atoms with Gasteiger partial charge in [0.1, 0.15) is 18.4 Å². The summed E-state index contributed by atoms with van der Waals surface area (Å²) in [5.74, 6) is -1.42. The summed E-state index contributed by atoms with van der Waals surface area (Å²) >= 11 is 5.93. The number of benzene rings is 3. The van der Waals surface area contributed by atoms with Crippen molar-refractivity contribution in [2.45, 2.75) is 31.3 Å². The van der Waals surface area contributed by atoms with Crippen molar-refractivity contribution in [3.63, 3.8) is 0 Å². The van der Waals surface area contributed by atoms with Gasteiger partial charge in [0, 0.05) is 18.1 Å². The Kier molecular flexibility index (Phi) is 9.06. The number of anilines is 1. The van der Waals surface area contributed by atoms with Crippen LogP contribution >= 0.6 is 11.6 Å². The highest BCUT2D eigenvalue weighted by Crippen LogP contribution is 2.25. The average molecular weight is 532 g/mol. The highest BCUT2D eigenvalue weighted by Gasteiger charge is 2.32. The molecule has 0 saturated carbocycles. The third-order valence-electron chi connectivity index (χ3n) is 5.51. The summed E-state index contributed by atoms with van der Waals surface area (Å²) in [4.78, 5) is 27.5. The molecule has 3 aromatic carbocycles. The van der Waals surface area contributed by atoms with Gasteiger partial charge in [-0.15, -0.1) is 0 Å². The van der Waals surface area contributed by atoms with Crippen molar-refractivity contribution in [2.24, 2.45) is 0 Å². The maximum atomic E-state index is 13.6. The van der Waals surface area contributed by atoms with E-state index in [2.05, 4.69) is 5.32 Å². The van der Waals surface area contributed by atoms with Crippen molar-refractivity contribution < 1.29 is 22.4 Å². The van der Waals surface area contributed by atoms with Crippen LogP contribution in [0.5, 0.6) is 0 Å². The van der Waals surface area contributed by atoms with E-state index in [-0.39, 0.29) is 23.0 Å². The minimum Gasteiger partial charge on any atom is -0.355 e. The van der Waals surface area contributed by atoms with Crippen LogP contribution in [0.1, 0.15) is 19.4 Å². The molecular weight excluding hydrogens is 505 g/mol. The first-order valence-electron chi connectivity index (χ1n) is 11.3. The van der Waals surface area contributed by atoms with Crippen LogP contribution < -0.4 is 9.62 Å². The van der Waals surface area contributed by atoms with E-state index in [9.17, 15) is 22.4 Å². The van der Waals surface area contributed by atoms with Crippen LogP contribution in [0, 0.1) is 5.82 Å². The molecule has 3 rings (SSSR count). The molecule has 1 unspecified atom stereocenters. The normalized spacial score (nSPS) is 12.0. The van der Waals surface area contributed by atoms with Gasteiger partial charge in [-0.3, -0.25) is 13.9 Å². The molecule has 0 bridgehead atoms. The number of likely N-dealkylation sites (N-methyl/N-ethyl adjacent to an activating group) is 1. The number of para-hydroxylation sites is 1. The van der Waals surface area contributed by atoms with Gasteiger partial charge < -0.3 is 10.2 Å². The van der Waals surface area contributed by atoms with Gasteiger partial charge in [-0.1, -0.05) is 41.9 Å². The second-order valence-electron chi connectivity index (χ2n) is 8.02. The number of amides is 2. The fourth-order valence-corrected chi connectivity index (χ4v) is 5.09. The second-order valence-corrected chi connectivity index (χ2v) is 10.3. The number of nitrogens with zero attached hydrogens (tertiary/aromatic N) is 2. The van der Waals surface area contributed by atoms with Gasteiger partial charge in [0.25, 0.3) is 10.0 Å². The van der Waals surface area contributed by atoms with E-state index < -0.39 is 34.3 Å². The topological polar surface area (TPSA) is 86.8 Å². The van der Waals surface area contributed by atoms with Gasteiger partial charge in [-0.25, -0.2) is 12.8 Å². The van der Waals surface area contributed by atoms with Crippen molar-refractivity contribution in [2.75, 3.05) is 17.4 Å². The zero-order valence-corrected chi connectivity index (χ0v) is 21.5. The van der Waals surface area contributed by atoms with Crippen LogP contribution in [0.2, 0.25) is 5.02 Å². The van der Waals surface area contributed by atoms with E-state index >= 15 is 0 Å². The first kappa shape index (κ1) is 27.2. The lowest BCUT2D eigenvalue weighted by Crippen LogP contribution is -2.51. The zero-order valence-electron chi connectivity index (χ0n) is 19.9. The fraction of sp³-hybridized carbons (Fsp3) is 0.231. The molecule has 36 heavy (non-hydrogen) atoms. The second kappa shape index (κ2) is 12.0. The predicted molar refractivity (Wildman–Crippen MR) is 138 cm³/mol. The number of nitrogens with one attached hydrogen (secondary N) is 1. The van der Waals surface area contributed by atoms with Gasteiger partial charge in [0.15, 0.2) is 0 Å². The first-order valence-corrected chi connectivity index (χ1v) is 13.1. The standard InChI is InChI=1S/C26H27ClFN3O4S/c1-3-29-26(33)19(2)30(17-20-9-13-22(28)14-10-20)25(32)18-31(23-7-5-4-6-8-23)36(34,35)24-15-11-21(27)12-16-24/h4-16,19H,3,17-18H2,1-2H3,(H,29,33). The fourth-order valence-electron chi connectivity index (χ4n) is 3.55. The number of hydrogen-bond acceptors (Lipinski definition) is 4. The van der Waals surface area contributed by atoms with Crippen LogP contribution in [0.15, 0.2) is 83.8 Å². The minimum absolute atomic E-state index is 0.0129. The van der Waals surface area contributed by atoms with Gasteiger partial charge in [0.2, 0.25) is 11.8 Å². The minimum atomic E-state index is -4.16. The van der Waals surface area contributed by atoms with Crippen LogP contribution in [0.25, 0.3) is 0 Å². The number of rotatable bonds is 10. The summed E-state index contributed by atoms with van der Waals surface area (Å²) in [6, 6.07) is 18.5. The Hall–Kier alpha value is -3.43. The molecule has 0 aromatic heterocycles. The number of hydrogen-bond donors (Lipinski definition) is 1. The summed E-state index contributed by atoms with van der Waals surface area (Å²) < 4.78 is 41.6. The van der Waals surface area contributed by atoms with Crippen molar-refractivity contribution >= 4 is 39.1 Å². The molecule has 0 fully saturated rings. The number of sulfonamides is 1. The predicted octanol–water partition coefficient (Wildman–Crippen LogP) is 4.23. The Morgan fingerprint density at radius 1 is 0.972 bits per heavy atom. The molecule has 0 spiro atoms. The van der Waals surface area contributed by atoms with Crippen molar-refractivity contribution in [3.8, 4) is 0 Å². The van der Waals surface area contributed by atoms with Gasteiger partial charge in [-0.05, 0) is 67.9 Å². The van der Waals surface area contributed by atoms with Crippen molar-refractivity contribution in [1.82, 2.24) is 10.2 Å². The lowest BCUT2D eigenvalue weighted by Gasteiger charge is -2.32. The number of halogens is 2. The van der Waals surface area contributed by atoms with Crippen LogP contribution in [0.3, 0.4) is 0 Å². The van der Waals surface area contributed by atoms with Gasteiger partial charge in [-0.2, -0.15) is 0 Å². The molecule has 1 atom stereocenters. The first-order chi connectivity index (χ1) is 17.1. The zero-order chi connectivity index (χ0) is 26.3. The monoisotopic (exact) mass is 531 g/mol. The van der Waals surface area contributed by atoms with Crippen LogP contribution in [0.4, 0.5) is 10.1 Å². The molecule has 0 saturated heterocycles. The van der Waals surface area contributed by atoms with E-state index in [0.717, 1.165) is 4.31 Å². The molecule has 0 radical (unpaired) electrons. The van der Waals surface area contributed by atoms with Gasteiger partial charge >= 0.3 is 0 Å². The molecule has 10 heteroatoms. The molecule has 0 aliphatic carbocycles. The molecule has 0 aliphatic heterocycles. The largest absolute Gasteiger partial charge is 0.355 e. The van der Waals surface area contributed by atoms with E-state index in [0.29, 0.717) is 17.1 Å². The Bertz CT molecular complexity index is 1290. The third-order valence-corrected chi connectivity index (χ3v) is 7.55. The number of carbonyl (C=O) groups is 2. The molecule has 2 amide bonds. The summed E-state index contributed by atoms with van der Waals surface area (Å²) in [5, 5.41) is 3.06. The Labute approximate surface area is 215 Å². The summed E-state index contributed by atoms with van der Waals surface area (Å²) in [7, 11) is -4.16. The lowest BCUT2D eigenvalue weighted by molar-refractivity contribution is -0.139. The quantitative estimate of drug-likeness (QED) is 0.424. The lowest BCUT2D eigenvalue weighted by atomic mass is 10.1. The van der Waals surface area contributed by atoms with E-state index in [1.165, 1.54) is 53.4 Å². The van der Waals surface area contributed by atoms with Crippen LogP contribution in [-0.4, -0.2) is 44.3 Å². The molecule has 190 valence electrons. The van der Waals surface area contributed by atoms with Crippen molar-refractivity contribution in [1.29, 1.82) is 0 Å².